The topological polar surface area (TPSA) is 50.7 Å². The van der Waals surface area contributed by atoms with E-state index in [2.05, 4.69) is 21.2 Å². The van der Waals surface area contributed by atoms with Crippen molar-refractivity contribution < 1.29 is 14.6 Å². The van der Waals surface area contributed by atoms with E-state index in [1.807, 2.05) is 26.0 Å². The van der Waals surface area contributed by atoms with Gasteiger partial charge in [0.1, 0.15) is 0 Å². The van der Waals surface area contributed by atoms with Crippen LogP contribution in [0.1, 0.15) is 25.8 Å². The van der Waals surface area contributed by atoms with Crippen molar-refractivity contribution in [1.82, 2.24) is 5.32 Å². The van der Waals surface area contributed by atoms with Crippen LogP contribution in [0.2, 0.25) is 0 Å². The molecule has 0 amide bonds. The fourth-order valence-electron chi connectivity index (χ4n) is 1.69. The van der Waals surface area contributed by atoms with Crippen LogP contribution in [0.15, 0.2) is 16.6 Å². The molecule has 0 aliphatic heterocycles. The highest BCUT2D eigenvalue weighted by atomic mass is 79.9. The first-order chi connectivity index (χ1) is 9.12. The molecule has 4 nitrogen and oxygen atoms in total. The van der Waals surface area contributed by atoms with E-state index in [9.17, 15) is 5.11 Å². The molecule has 0 radical (unpaired) electrons. The van der Waals surface area contributed by atoms with Gasteiger partial charge in [-0.2, -0.15) is 0 Å². The number of aliphatic hydroxyl groups is 1. The summed E-state index contributed by atoms with van der Waals surface area (Å²) in [6.45, 7) is 5.76. The molecule has 0 fully saturated rings. The number of nitrogens with one attached hydrogen (secondary N) is 1. The van der Waals surface area contributed by atoms with Crippen molar-refractivity contribution in [1.29, 1.82) is 0 Å². The largest absolute Gasteiger partial charge is 0.493 e. The monoisotopic (exact) mass is 331 g/mol. The number of halogens is 1. The summed E-state index contributed by atoms with van der Waals surface area (Å²) in [4.78, 5) is 0. The van der Waals surface area contributed by atoms with E-state index in [4.69, 9.17) is 9.47 Å². The number of hydrogen-bond donors (Lipinski definition) is 2. The molecule has 0 spiro atoms. The molecular weight excluding hydrogens is 310 g/mol. The van der Waals surface area contributed by atoms with Crippen molar-refractivity contribution in [3.63, 3.8) is 0 Å². The molecule has 2 N–H and O–H groups in total. The lowest BCUT2D eigenvalue weighted by Gasteiger charge is -2.14. The smallest absolute Gasteiger partial charge is 0.175 e. The van der Waals surface area contributed by atoms with Gasteiger partial charge < -0.3 is 19.9 Å². The molecule has 0 heterocycles. The van der Waals surface area contributed by atoms with Crippen LogP contribution in [0.5, 0.6) is 11.5 Å². The average Bonchev–Trinajstić information content (AvgIpc) is 2.41. The van der Waals surface area contributed by atoms with E-state index in [-0.39, 0.29) is 6.10 Å². The molecular formula is C14H22BrNO3. The Hall–Kier alpha value is -0.780. The van der Waals surface area contributed by atoms with Crippen molar-refractivity contribution in [2.75, 3.05) is 20.3 Å². The summed E-state index contributed by atoms with van der Waals surface area (Å²) >= 11 is 3.49. The summed E-state index contributed by atoms with van der Waals surface area (Å²) in [5, 5.41) is 12.7. The van der Waals surface area contributed by atoms with Gasteiger partial charge in [0.25, 0.3) is 0 Å². The number of benzene rings is 1. The minimum absolute atomic E-state index is 0.298. The van der Waals surface area contributed by atoms with Crippen LogP contribution in [-0.2, 0) is 6.54 Å². The molecule has 1 unspecified atom stereocenters. The van der Waals surface area contributed by atoms with Crippen molar-refractivity contribution in [3.8, 4) is 11.5 Å². The SMILES string of the molecule is CCOc1c(Br)cc(CNCC(O)CC)cc1OC. The zero-order valence-corrected chi connectivity index (χ0v) is 13.3. The van der Waals surface area contributed by atoms with Gasteiger partial charge in [-0.3, -0.25) is 0 Å². The van der Waals surface area contributed by atoms with Gasteiger partial charge in [0.05, 0.1) is 24.3 Å². The number of ether oxygens (including phenoxy) is 2. The van der Waals surface area contributed by atoms with Crippen LogP contribution in [-0.4, -0.2) is 31.5 Å². The molecule has 5 heteroatoms. The van der Waals surface area contributed by atoms with E-state index < -0.39 is 0 Å². The van der Waals surface area contributed by atoms with Crippen molar-refractivity contribution in [2.24, 2.45) is 0 Å². The molecule has 0 aliphatic rings. The third-order valence-corrected chi connectivity index (χ3v) is 3.35. The second kappa shape index (κ2) is 8.40. The first kappa shape index (κ1) is 16.3. The van der Waals surface area contributed by atoms with E-state index in [1.165, 1.54) is 0 Å². The third kappa shape index (κ3) is 5.01. The standard InChI is InChI=1S/C14H22BrNO3/c1-4-11(17)9-16-8-10-6-12(15)14(19-5-2)13(7-10)18-3/h6-7,11,16-17H,4-5,8-9H2,1-3H3. The second-order valence-corrected chi connectivity index (χ2v) is 5.09. The maximum atomic E-state index is 9.49. The third-order valence-electron chi connectivity index (χ3n) is 2.76. The number of hydrogen-bond acceptors (Lipinski definition) is 4. The normalized spacial score (nSPS) is 12.3. The first-order valence-electron chi connectivity index (χ1n) is 6.50. The van der Waals surface area contributed by atoms with Crippen molar-refractivity contribution in [2.45, 2.75) is 32.9 Å². The van der Waals surface area contributed by atoms with Gasteiger partial charge in [-0.05, 0) is 47.0 Å². The number of aliphatic hydroxyl groups excluding tert-OH is 1. The minimum Gasteiger partial charge on any atom is -0.493 e. The van der Waals surface area contributed by atoms with Gasteiger partial charge in [0, 0.05) is 13.1 Å². The van der Waals surface area contributed by atoms with Gasteiger partial charge >= 0.3 is 0 Å². The lowest BCUT2D eigenvalue weighted by molar-refractivity contribution is 0.167. The van der Waals surface area contributed by atoms with Crippen LogP contribution >= 0.6 is 15.9 Å². The Kier molecular flexibility index (Phi) is 7.20. The quantitative estimate of drug-likeness (QED) is 0.769. The number of rotatable bonds is 8. The highest BCUT2D eigenvalue weighted by molar-refractivity contribution is 9.10. The first-order valence-corrected chi connectivity index (χ1v) is 7.29. The van der Waals surface area contributed by atoms with Crippen LogP contribution in [0, 0.1) is 0 Å². The molecule has 0 bridgehead atoms. The van der Waals surface area contributed by atoms with E-state index in [1.54, 1.807) is 7.11 Å². The zero-order chi connectivity index (χ0) is 14.3. The van der Waals surface area contributed by atoms with E-state index >= 15 is 0 Å². The summed E-state index contributed by atoms with van der Waals surface area (Å²) in [7, 11) is 1.63. The molecule has 1 aromatic carbocycles. The van der Waals surface area contributed by atoms with Gasteiger partial charge in [-0.25, -0.2) is 0 Å². The minimum atomic E-state index is -0.298. The fraction of sp³-hybridized carbons (Fsp3) is 0.571. The molecule has 0 aromatic heterocycles. The average molecular weight is 332 g/mol. The van der Waals surface area contributed by atoms with Crippen LogP contribution in [0.3, 0.4) is 0 Å². The maximum absolute atomic E-state index is 9.49. The Morgan fingerprint density at radius 1 is 1.37 bits per heavy atom. The summed E-state index contributed by atoms with van der Waals surface area (Å²) in [5.41, 5.74) is 1.08. The molecule has 1 atom stereocenters. The lowest BCUT2D eigenvalue weighted by Crippen LogP contribution is -2.25. The Bertz CT molecular complexity index is 399. The molecule has 0 saturated heterocycles. The van der Waals surface area contributed by atoms with Crippen LogP contribution in [0.4, 0.5) is 0 Å². The summed E-state index contributed by atoms with van der Waals surface area (Å²) < 4.78 is 11.8. The Morgan fingerprint density at radius 3 is 2.68 bits per heavy atom. The molecule has 0 aliphatic carbocycles. The predicted molar refractivity (Wildman–Crippen MR) is 79.9 cm³/mol. The molecule has 0 saturated carbocycles. The van der Waals surface area contributed by atoms with Gasteiger partial charge in [0.15, 0.2) is 11.5 Å². The highest BCUT2D eigenvalue weighted by Gasteiger charge is 2.11. The molecule has 1 rings (SSSR count). The van der Waals surface area contributed by atoms with E-state index in [0.717, 1.165) is 22.2 Å². The van der Waals surface area contributed by atoms with Crippen LogP contribution < -0.4 is 14.8 Å². The second-order valence-electron chi connectivity index (χ2n) is 4.24. The number of methoxy groups -OCH3 is 1. The van der Waals surface area contributed by atoms with E-state index in [0.29, 0.717) is 25.4 Å². The fourth-order valence-corrected chi connectivity index (χ4v) is 2.29. The molecule has 108 valence electrons. The molecule has 1 aromatic rings. The summed E-state index contributed by atoms with van der Waals surface area (Å²) in [6, 6.07) is 3.94. The van der Waals surface area contributed by atoms with Crippen molar-refractivity contribution >= 4 is 15.9 Å². The van der Waals surface area contributed by atoms with Gasteiger partial charge in [0.2, 0.25) is 0 Å². The Labute approximate surface area is 123 Å². The Balaban J connectivity index is 2.72. The zero-order valence-electron chi connectivity index (χ0n) is 11.7. The lowest BCUT2D eigenvalue weighted by atomic mass is 10.2. The van der Waals surface area contributed by atoms with Crippen molar-refractivity contribution in [3.05, 3.63) is 22.2 Å². The molecule has 19 heavy (non-hydrogen) atoms. The summed E-state index contributed by atoms with van der Waals surface area (Å²) in [6.07, 6.45) is 0.455. The maximum Gasteiger partial charge on any atom is 0.175 e. The summed E-state index contributed by atoms with van der Waals surface area (Å²) in [5.74, 6) is 1.44. The van der Waals surface area contributed by atoms with Gasteiger partial charge in [-0.1, -0.05) is 6.92 Å². The Morgan fingerprint density at radius 2 is 2.11 bits per heavy atom. The predicted octanol–water partition coefficient (Wildman–Crippen LogP) is 2.72. The highest BCUT2D eigenvalue weighted by Crippen LogP contribution is 2.36. The van der Waals surface area contributed by atoms with Gasteiger partial charge in [-0.15, -0.1) is 0 Å². The van der Waals surface area contributed by atoms with Crippen LogP contribution in [0.25, 0.3) is 0 Å².